The number of aromatic nitrogens is 4. The van der Waals surface area contributed by atoms with Crippen LogP contribution in [0, 0.1) is 5.82 Å². The van der Waals surface area contributed by atoms with Gasteiger partial charge in [0.15, 0.2) is 17.3 Å². The molecule has 1 aliphatic rings. The monoisotopic (exact) mass is 450 g/mol. The summed E-state index contributed by atoms with van der Waals surface area (Å²) in [5.74, 6) is -2.76. The largest absolute Gasteiger partial charge is 0.438 e. The van der Waals surface area contributed by atoms with Crippen molar-refractivity contribution in [2.45, 2.75) is 25.5 Å². The van der Waals surface area contributed by atoms with Crippen LogP contribution in [-0.2, 0) is 17.8 Å². The van der Waals surface area contributed by atoms with E-state index in [0.717, 1.165) is 6.07 Å². The maximum atomic E-state index is 13.7. The Balaban J connectivity index is 1.54. The highest BCUT2D eigenvalue weighted by atomic mass is 19.3. The minimum absolute atomic E-state index is 0.00364. The second-order valence-corrected chi connectivity index (χ2v) is 6.99. The molecule has 1 aromatic carbocycles. The molecule has 0 bridgehead atoms. The average molecular weight is 450 g/mol. The number of ether oxygens (including phenoxy) is 1. The number of methoxy groups -OCH3 is 1. The number of halogens is 3. The molecule has 0 spiro atoms. The minimum atomic E-state index is -3.18. The number of hydrogen-bond donors (Lipinski definition) is 1. The SMILES string of the molecule is [2H]C([2H])([2H])OCc1nc(C(F)F)c(C(=O)N2CCc3[nH]cnc3[C@H]2c2nc3cc(F)ccc3o2)o1. The zero-order valence-electron chi connectivity index (χ0n) is 19.1. The third kappa shape index (κ3) is 3.32. The number of rotatable bonds is 5. The number of amides is 1. The molecule has 1 aliphatic heterocycles. The van der Waals surface area contributed by atoms with Gasteiger partial charge in [-0.3, -0.25) is 4.79 Å². The van der Waals surface area contributed by atoms with Crippen molar-refractivity contribution in [1.29, 1.82) is 0 Å². The van der Waals surface area contributed by atoms with Gasteiger partial charge < -0.3 is 23.5 Å². The van der Waals surface area contributed by atoms with Crippen LogP contribution >= 0.6 is 0 Å². The van der Waals surface area contributed by atoms with Gasteiger partial charge in [-0.15, -0.1) is 0 Å². The van der Waals surface area contributed by atoms with E-state index in [1.54, 1.807) is 0 Å². The normalized spacial score (nSPS) is 17.9. The van der Waals surface area contributed by atoms with Crippen molar-refractivity contribution in [3.8, 4) is 0 Å². The van der Waals surface area contributed by atoms with Gasteiger partial charge in [-0.05, 0) is 12.1 Å². The van der Waals surface area contributed by atoms with Crippen LogP contribution in [0.3, 0.4) is 0 Å². The van der Waals surface area contributed by atoms with Crippen LogP contribution in [0.15, 0.2) is 33.4 Å². The second-order valence-electron chi connectivity index (χ2n) is 6.99. The van der Waals surface area contributed by atoms with Crippen LogP contribution in [0.4, 0.5) is 13.2 Å². The van der Waals surface area contributed by atoms with Crippen molar-refractivity contribution in [3.05, 3.63) is 65.0 Å². The fraction of sp³-hybridized carbons (Fsp3) is 0.300. The molecule has 1 amide bonds. The van der Waals surface area contributed by atoms with Crippen molar-refractivity contribution >= 4 is 17.0 Å². The zero-order chi connectivity index (χ0) is 24.9. The van der Waals surface area contributed by atoms with Crippen molar-refractivity contribution < 1.29 is 35.6 Å². The van der Waals surface area contributed by atoms with E-state index in [2.05, 4.69) is 24.7 Å². The van der Waals surface area contributed by atoms with E-state index in [1.807, 2.05) is 0 Å². The summed E-state index contributed by atoms with van der Waals surface area (Å²) in [6, 6.07) is 2.69. The van der Waals surface area contributed by atoms with Crippen LogP contribution in [0.1, 0.15) is 56.0 Å². The Kier molecular flexibility index (Phi) is 4.12. The molecular weight excluding hydrogens is 431 g/mol. The first-order chi connectivity index (χ1) is 16.6. The summed E-state index contributed by atoms with van der Waals surface area (Å²) in [5.41, 5.74) is 0.567. The number of nitrogens with zero attached hydrogens (tertiary/aromatic N) is 4. The highest BCUT2D eigenvalue weighted by molar-refractivity contribution is 5.93. The number of carbonyl (C=O) groups excluding carboxylic acids is 1. The molecule has 5 rings (SSSR count). The Hall–Kier alpha value is -3.67. The molecule has 4 aromatic rings. The molecule has 166 valence electrons. The summed E-state index contributed by atoms with van der Waals surface area (Å²) in [6.07, 6.45) is -1.45. The first-order valence-electron chi connectivity index (χ1n) is 10.9. The first-order valence-corrected chi connectivity index (χ1v) is 9.41. The topological polar surface area (TPSA) is 110 Å². The summed E-state index contributed by atoms with van der Waals surface area (Å²) in [7, 11) is -2.82. The highest BCUT2D eigenvalue weighted by Crippen LogP contribution is 2.36. The van der Waals surface area contributed by atoms with Crippen molar-refractivity contribution in [2.24, 2.45) is 0 Å². The van der Waals surface area contributed by atoms with Gasteiger partial charge in [-0.2, -0.15) is 0 Å². The van der Waals surface area contributed by atoms with Gasteiger partial charge in [-0.25, -0.2) is 28.1 Å². The predicted molar refractivity (Wildman–Crippen MR) is 101 cm³/mol. The van der Waals surface area contributed by atoms with E-state index >= 15 is 0 Å². The number of aromatic amines is 1. The lowest BCUT2D eigenvalue weighted by Gasteiger charge is -2.32. The molecule has 12 heteroatoms. The van der Waals surface area contributed by atoms with E-state index in [1.165, 1.54) is 23.4 Å². The van der Waals surface area contributed by atoms with Crippen LogP contribution in [0.5, 0.6) is 0 Å². The number of benzene rings is 1. The smallest absolute Gasteiger partial charge is 0.292 e. The van der Waals surface area contributed by atoms with Gasteiger partial charge >= 0.3 is 0 Å². The molecule has 0 saturated carbocycles. The van der Waals surface area contributed by atoms with Gasteiger partial charge in [0.2, 0.25) is 17.5 Å². The minimum Gasteiger partial charge on any atom is -0.438 e. The van der Waals surface area contributed by atoms with Gasteiger partial charge in [-0.1, -0.05) is 0 Å². The quantitative estimate of drug-likeness (QED) is 0.495. The van der Waals surface area contributed by atoms with Gasteiger partial charge in [0, 0.05) is 31.8 Å². The molecular formula is C20H16F3N5O4. The molecule has 0 aliphatic carbocycles. The molecule has 1 atom stereocenters. The number of carbonyl (C=O) groups is 1. The molecule has 32 heavy (non-hydrogen) atoms. The standard InChI is InChI=1S/C20H16F3N5O4/c1-30-7-13-27-15(18(22)23)17(32-13)20(29)28-5-4-10-14(25-8-24-10)16(28)19-26-11-6-9(21)2-3-12(11)31-19/h2-3,6,8,16,18H,4-5,7H2,1H3,(H,24,25)/t16-/m0/s1/i1D3. The number of nitrogens with one attached hydrogen (secondary N) is 1. The molecule has 0 unspecified atom stereocenters. The Bertz CT molecular complexity index is 1400. The van der Waals surface area contributed by atoms with Gasteiger partial charge in [0.05, 0.1) is 16.1 Å². The lowest BCUT2D eigenvalue weighted by atomic mass is 10.0. The van der Waals surface area contributed by atoms with Crippen molar-refractivity contribution in [1.82, 2.24) is 24.8 Å². The fourth-order valence-electron chi connectivity index (χ4n) is 3.71. The van der Waals surface area contributed by atoms with E-state index < -0.39 is 55.2 Å². The van der Waals surface area contributed by atoms with E-state index in [9.17, 15) is 18.0 Å². The number of H-pyrrole nitrogens is 1. The summed E-state index contributed by atoms with van der Waals surface area (Å²) in [6.45, 7) is -0.691. The molecule has 4 heterocycles. The number of oxazole rings is 2. The third-order valence-electron chi connectivity index (χ3n) is 5.08. The van der Waals surface area contributed by atoms with Crippen LogP contribution in [0.25, 0.3) is 11.1 Å². The van der Waals surface area contributed by atoms with Crippen LogP contribution in [-0.4, -0.2) is 44.3 Å². The number of fused-ring (bicyclic) bond motifs is 2. The molecule has 1 N–H and O–H groups in total. The lowest BCUT2D eigenvalue weighted by molar-refractivity contribution is 0.0614. The van der Waals surface area contributed by atoms with Gasteiger partial charge in [0.1, 0.15) is 17.9 Å². The fourth-order valence-corrected chi connectivity index (χ4v) is 3.71. The predicted octanol–water partition coefficient (Wildman–Crippen LogP) is 3.55. The van der Waals surface area contributed by atoms with E-state index in [0.29, 0.717) is 17.8 Å². The number of imidazole rings is 1. The Labute approximate surface area is 182 Å². The Morgan fingerprint density at radius 1 is 1.41 bits per heavy atom. The summed E-state index contributed by atoms with van der Waals surface area (Å²) < 4.78 is 77.8. The first kappa shape index (κ1) is 17.0. The molecule has 0 saturated heterocycles. The number of hydrogen-bond acceptors (Lipinski definition) is 7. The highest BCUT2D eigenvalue weighted by Gasteiger charge is 2.41. The molecule has 3 aromatic heterocycles. The zero-order valence-corrected chi connectivity index (χ0v) is 16.1. The van der Waals surface area contributed by atoms with E-state index in [-0.39, 0.29) is 23.5 Å². The van der Waals surface area contributed by atoms with E-state index in [4.69, 9.17) is 12.9 Å². The van der Waals surface area contributed by atoms with Crippen LogP contribution in [0.2, 0.25) is 0 Å². The summed E-state index contributed by atoms with van der Waals surface area (Å²) in [5, 5.41) is 0. The van der Waals surface area contributed by atoms with Crippen molar-refractivity contribution in [3.63, 3.8) is 0 Å². The lowest BCUT2D eigenvalue weighted by Crippen LogP contribution is -2.41. The summed E-state index contributed by atoms with van der Waals surface area (Å²) >= 11 is 0. The van der Waals surface area contributed by atoms with Gasteiger partial charge in [0.25, 0.3) is 12.3 Å². The number of alkyl halides is 2. The molecule has 0 fully saturated rings. The third-order valence-corrected chi connectivity index (χ3v) is 5.08. The Morgan fingerprint density at radius 2 is 2.28 bits per heavy atom. The molecule has 9 nitrogen and oxygen atoms in total. The van der Waals surface area contributed by atoms with Crippen molar-refractivity contribution in [2.75, 3.05) is 13.6 Å². The summed E-state index contributed by atoms with van der Waals surface area (Å²) in [4.78, 5) is 29.7. The average Bonchev–Trinajstić information content (AvgIpc) is 3.53. The molecule has 0 radical (unpaired) electrons. The maximum Gasteiger partial charge on any atom is 0.292 e. The Morgan fingerprint density at radius 3 is 3.09 bits per heavy atom. The maximum absolute atomic E-state index is 13.7. The second kappa shape index (κ2) is 7.79. The van der Waals surface area contributed by atoms with Crippen LogP contribution < -0.4 is 0 Å².